The predicted octanol–water partition coefficient (Wildman–Crippen LogP) is 3.34. The third-order valence-electron chi connectivity index (χ3n) is 3.13. The smallest absolute Gasteiger partial charge is 0.243 e. The molecule has 1 heterocycles. The van der Waals surface area contributed by atoms with Crippen LogP contribution >= 0.6 is 39.1 Å². The second-order valence-corrected chi connectivity index (χ2v) is 8.10. The van der Waals surface area contributed by atoms with Crippen molar-refractivity contribution >= 4 is 49.2 Å². The summed E-state index contributed by atoms with van der Waals surface area (Å²) >= 11 is 15.2. The topological polar surface area (TPSA) is 58.2 Å². The van der Waals surface area contributed by atoms with E-state index in [1.807, 2.05) is 0 Å². The van der Waals surface area contributed by atoms with E-state index in [1.165, 1.54) is 17.7 Å². The van der Waals surface area contributed by atoms with Gasteiger partial charge in [-0.1, -0.05) is 50.8 Å². The maximum atomic E-state index is 12.3. The van der Waals surface area contributed by atoms with E-state index in [9.17, 15) is 8.42 Å². The molecular weight excluding hydrogens is 399 g/mol. The van der Waals surface area contributed by atoms with E-state index in [4.69, 9.17) is 23.2 Å². The molecule has 0 saturated carbocycles. The molecule has 0 unspecified atom stereocenters. The maximum absolute atomic E-state index is 12.3. The monoisotopic (exact) mass is 412 g/mol. The average Bonchev–Trinajstić information content (AvgIpc) is 2.38. The molecule has 0 aromatic heterocycles. The Hall–Kier alpha value is -0.110. The molecular formula is C13H15BrCl2N2O2S. The van der Waals surface area contributed by atoms with Gasteiger partial charge in [-0.2, -0.15) is 0 Å². The number of sulfonamides is 1. The van der Waals surface area contributed by atoms with Gasteiger partial charge in [-0.15, -0.1) is 0 Å². The number of hydrogen-bond acceptors (Lipinski definition) is 3. The third kappa shape index (κ3) is 4.68. The number of benzene rings is 1. The molecule has 116 valence electrons. The average molecular weight is 414 g/mol. The standard InChI is InChI=1S/C13H15BrCl2N2O2S/c14-10-7-11(15)13(12(16)8-10)21(19,20)18-6-3-9-1-4-17-5-2-9/h1,7-8,17-18H,2-6H2. The van der Waals surface area contributed by atoms with Crippen molar-refractivity contribution in [1.82, 2.24) is 10.0 Å². The lowest BCUT2D eigenvalue weighted by Gasteiger charge is -2.15. The van der Waals surface area contributed by atoms with Gasteiger partial charge in [-0.3, -0.25) is 0 Å². The summed E-state index contributed by atoms with van der Waals surface area (Å²) in [6.45, 7) is 2.10. The molecule has 0 radical (unpaired) electrons. The van der Waals surface area contributed by atoms with Crippen molar-refractivity contribution in [3.63, 3.8) is 0 Å². The molecule has 0 spiro atoms. The summed E-state index contributed by atoms with van der Waals surface area (Å²) in [5.41, 5.74) is 1.25. The first kappa shape index (κ1) is 17.2. The van der Waals surface area contributed by atoms with Gasteiger partial charge in [0.25, 0.3) is 0 Å². The zero-order chi connectivity index (χ0) is 15.5. The normalized spacial score (nSPS) is 15.9. The van der Waals surface area contributed by atoms with Crippen LogP contribution in [0.15, 0.2) is 33.2 Å². The number of nitrogens with one attached hydrogen (secondary N) is 2. The van der Waals surface area contributed by atoms with E-state index in [0.717, 1.165) is 19.5 Å². The van der Waals surface area contributed by atoms with E-state index in [0.29, 0.717) is 17.4 Å². The van der Waals surface area contributed by atoms with Gasteiger partial charge >= 0.3 is 0 Å². The van der Waals surface area contributed by atoms with Gasteiger partial charge in [-0.25, -0.2) is 13.1 Å². The first-order valence-electron chi connectivity index (χ1n) is 6.43. The van der Waals surface area contributed by atoms with Crippen LogP contribution in [0.3, 0.4) is 0 Å². The molecule has 0 saturated heterocycles. The van der Waals surface area contributed by atoms with E-state index in [2.05, 4.69) is 32.0 Å². The SMILES string of the molecule is O=S(=O)(NCCC1=CCNCC1)c1c(Cl)cc(Br)cc1Cl. The zero-order valence-electron chi connectivity index (χ0n) is 11.1. The largest absolute Gasteiger partial charge is 0.313 e. The fourth-order valence-corrected chi connectivity index (χ4v) is 5.06. The van der Waals surface area contributed by atoms with Crippen LogP contribution in [-0.4, -0.2) is 28.1 Å². The fraction of sp³-hybridized carbons (Fsp3) is 0.385. The van der Waals surface area contributed by atoms with E-state index in [1.54, 1.807) is 0 Å². The highest BCUT2D eigenvalue weighted by atomic mass is 79.9. The van der Waals surface area contributed by atoms with Crippen molar-refractivity contribution in [2.45, 2.75) is 17.7 Å². The Bertz CT molecular complexity index is 639. The quantitative estimate of drug-likeness (QED) is 0.727. The van der Waals surface area contributed by atoms with Crippen molar-refractivity contribution < 1.29 is 8.42 Å². The second-order valence-electron chi connectivity index (χ2n) is 4.66. The second kappa shape index (κ2) is 7.44. The molecule has 1 aliphatic rings. The van der Waals surface area contributed by atoms with Crippen LogP contribution in [-0.2, 0) is 10.0 Å². The van der Waals surface area contributed by atoms with Crippen LogP contribution in [0.1, 0.15) is 12.8 Å². The van der Waals surface area contributed by atoms with Gasteiger partial charge in [0.1, 0.15) is 4.90 Å². The minimum Gasteiger partial charge on any atom is -0.313 e. The molecule has 1 aromatic rings. The van der Waals surface area contributed by atoms with Gasteiger partial charge in [0.05, 0.1) is 10.0 Å². The number of halogens is 3. The molecule has 0 amide bonds. The Kier molecular flexibility index (Phi) is 6.11. The minimum absolute atomic E-state index is 0.0756. The van der Waals surface area contributed by atoms with Crippen LogP contribution < -0.4 is 10.0 Å². The number of rotatable bonds is 5. The lowest BCUT2D eigenvalue weighted by molar-refractivity contribution is 0.580. The van der Waals surface area contributed by atoms with Gasteiger partial charge in [0.15, 0.2) is 0 Å². The van der Waals surface area contributed by atoms with Crippen molar-refractivity contribution in [2.75, 3.05) is 19.6 Å². The molecule has 1 aliphatic heterocycles. The van der Waals surface area contributed by atoms with E-state index >= 15 is 0 Å². The molecule has 21 heavy (non-hydrogen) atoms. The highest BCUT2D eigenvalue weighted by Crippen LogP contribution is 2.32. The van der Waals surface area contributed by atoms with Crippen LogP contribution in [0.5, 0.6) is 0 Å². The summed E-state index contributed by atoms with van der Waals surface area (Å²) in [5.74, 6) is 0. The van der Waals surface area contributed by atoms with E-state index < -0.39 is 10.0 Å². The molecule has 2 rings (SSSR count). The van der Waals surface area contributed by atoms with Crippen LogP contribution in [0, 0.1) is 0 Å². The summed E-state index contributed by atoms with van der Waals surface area (Å²) in [5, 5.41) is 3.41. The first-order valence-corrected chi connectivity index (χ1v) is 9.46. The summed E-state index contributed by atoms with van der Waals surface area (Å²) in [6.07, 6.45) is 3.73. The lowest BCUT2D eigenvalue weighted by atomic mass is 10.1. The van der Waals surface area contributed by atoms with Gasteiger partial charge in [0.2, 0.25) is 10.0 Å². The molecule has 0 bridgehead atoms. The highest BCUT2D eigenvalue weighted by Gasteiger charge is 2.22. The molecule has 0 atom stereocenters. The summed E-state index contributed by atoms with van der Waals surface area (Å²) in [6, 6.07) is 3.02. The summed E-state index contributed by atoms with van der Waals surface area (Å²) in [4.78, 5) is -0.0756. The Labute approximate surface area is 143 Å². The maximum Gasteiger partial charge on any atom is 0.243 e. The predicted molar refractivity (Wildman–Crippen MR) is 89.5 cm³/mol. The van der Waals surface area contributed by atoms with Crippen molar-refractivity contribution in [3.05, 3.63) is 38.3 Å². The van der Waals surface area contributed by atoms with Crippen LogP contribution in [0.2, 0.25) is 10.0 Å². The Balaban J connectivity index is 2.07. The van der Waals surface area contributed by atoms with Crippen molar-refractivity contribution in [2.24, 2.45) is 0 Å². The molecule has 8 heteroatoms. The minimum atomic E-state index is -3.72. The van der Waals surface area contributed by atoms with Gasteiger partial charge in [0, 0.05) is 17.6 Å². The van der Waals surface area contributed by atoms with Gasteiger partial charge < -0.3 is 5.32 Å². The summed E-state index contributed by atoms with van der Waals surface area (Å²) < 4.78 is 27.8. The molecule has 2 N–H and O–H groups in total. The zero-order valence-corrected chi connectivity index (χ0v) is 15.0. The van der Waals surface area contributed by atoms with E-state index in [-0.39, 0.29) is 14.9 Å². The highest BCUT2D eigenvalue weighted by molar-refractivity contribution is 9.10. The molecule has 0 fully saturated rings. The molecule has 0 aliphatic carbocycles. The van der Waals surface area contributed by atoms with Crippen molar-refractivity contribution in [1.29, 1.82) is 0 Å². The van der Waals surface area contributed by atoms with Gasteiger partial charge in [-0.05, 0) is 31.5 Å². The summed E-state index contributed by atoms with van der Waals surface area (Å²) in [7, 11) is -3.72. The Morgan fingerprint density at radius 3 is 2.52 bits per heavy atom. The molecule has 4 nitrogen and oxygen atoms in total. The fourth-order valence-electron chi connectivity index (χ4n) is 2.10. The molecule has 1 aromatic carbocycles. The Morgan fingerprint density at radius 1 is 1.29 bits per heavy atom. The number of hydrogen-bond donors (Lipinski definition) is 2. The third-order valence-corrected chi connectivity index (χ3v) is 5.97. The van der Waals surface area contributed by atoms with Crippen molar-refractivity contribution in [3.8, 4) is 0 Å². The van der Waals surface area contributed by atoms with Crippen LogP contribution in [0.4, 0.5) is 0 Å². The first-order chi connectivity index (χ1) is 9.90. The Morgan fingerprint density at radius 2 is 1.95 bits per heavy atom. The van der Waals surface area contributed by atoms with Crippen LogP contribution in [0.25, 0.3) is 0 Å². The lowest BCUT2D eigenvalue weighted by Crippen LogP contribution is -2.27.